The van der Waals surface area contributed by atoms with Crippen LogP contribution >= 0.6 is 23.4 Å². The van der Waals surface area contributed by atoms with Crippen LogP contribution in [0.2, 0.25) is 5.02 Å². The van der Waals surface area contributed by atoms with Gasteiger partial charge in [0, 0.05) is 37.1 Å². The predicted molar refractivity (Wildman–Crippen MR) is 104 cm³/mol. The molecule has 0 unspecified atom stereocenters. The maximum absolute atomic E-state index is 13.9. The molecule has 0 atom stereocenters. The Labute approximate surface area is 171 Å². The minimum Gasteiger partial charge on any atom is -0.336 e. The third-order valence-electron chi connectivity index (χ3n) is 4.44. The van der Waals surface area contributed by atoms with Crippen LogP contribution in [0.4, 0.5) is 8.78 Å². The minimum absolute atomic E-state index is 0.00469. The molecule has 10 heteroatoms. The summed E-state index contributed by atoms with van der Waals surface area (Å²) in [6.07, 6.45) is 1.88. The number of piperazine rings is 1. The maximum atomic E-state index is 13.9. The smallest absolute Gasteiger partial charge is 0.255 e. The Hall–Kier alpha value is -1.68. The van der Waals surface area contributed by atoms with E-state index in [2.05, 4.69) is 0 Å². The second-order valence-corrected chi connectivity index (χ2v) is 9.31. The van der Waals surface area contributed by atoms with Crippen LogP contribution in [0.5, 0.6) is 0 Å². The number of nitrogens with zero attached hydrogens (tertiary/aromatic N) is 2. The first-order chi connectivity index (χ1) is 13.2. The van der Waals surface area contributed by atoms with Crippen molar-refractivity contribution in [2.24, 2.45) is 0 Å². The lowest BCUT2D eigenvalue weighted by Gasteiger charge is -2.34. The highest BCUT2D eigenvalue weighted by atomic mass is 35.5. The summed E-state index contributed by atoms with van der Waals surface area (Å²) in [5.41, 5.74) is 0.356. The zero-order valence-corrected chi connectivity index (χ0v) is 17.3. The van der Waals surface area contributed by atoms with Gasteiger partial charge in [0.05, 0.1) is 10.6 Å². The van der Waals surface area contributed by atoms with Gasteiger partial charge in [-0.2, -0.15) is 4.31 Å². The molecule has 0 aliphatic carbocycles. The van der Waals surface area contributed by atoms with E-state index in [1.54, 1.807) is 12.1 Å². The summed E-state index contributed by atoms with van der Waals surface area (Å²) in [5, 5.41) is 0.325. The molecule has 1 aliphatic rings. The normalized spacial score (nSPS) is 15.6. The van der Waals surface area contributed by atoms with E-state index in [0.29, 0.717) is 16.7 Å². The van der Waals surface area contributed by atoms with Crippen molar-refractivity contribution in [3.63, 3.8) is 0 Å². The van der Waals surface area contributed by atoms with Crippen molar-refractivity contribution in [2.75, 3.05) is 32.4 Å². The van der Waals surface area contributed by atoms with Gasteiger partial charge in [-0.25, -0.2) is 17.2 Å². The van der Waals surface area contributed by atoms with Gasteiger partial charge < -0.3 is 4.90 Å². The molecule has 2 aromatic rings. The molecule has 0 saturated carbocycles. The highest BCUT2D eigenvalue weighted by molar-refractivity contribution is 7.98. The molecule has 28 heavy (non-hydrogen) atoms. The van der Waals surface area contributed by atoms with Gasteiger partial charge in [-0.1, -0.05) is 11.6 Å². The molecule has 1 aliphatic heterocycles. The van der Waals surface area contributed by atoms with Crippen LogP contribution in [0.3, 0.4) is 0 Å². The lowest BCUT2D eigenvalue weighted by atomic mass is 10.2. The number of amides is 1. The van der Waals surface area contributed by atoms with Crippen LogP contribution in [0.1, 0.15) is 10.4 Å². The summed E-state index contributed by atoms with van der Waals surface area (Å²) in [6.45, 7) is 0.289. The molecule has 1 amide bonds. The number of rotatable bonds is 4. The van der Waals surface area contributed by atoms with Gasteiger partial charge in [0.25, 0.3) is 5.91 Å². The minimum atomic E-state index is -4.12. The fourth-order valence-corrected chi connectivity index (χ4v) is 5.03. The Morgan fingerprint density at radius 1 is 1.07 bits per heavy atom. The van der Waals surface area contributed by atoms with E-state index in [1.165, 1.54) is 16.7 Å². The zero-order valence-electron chi connectivity index (χ0n) is 14.9. The SMILES string of the molecule is CSc1ccc(Cl)c(C(=O)N2CCN(S(=O)(=O)c3ccc(F)cc3F)CC2)c1. The first-order valence-corrected chi connectivity index (χ1v) is 11.4. The number of halogens is 3. The van der Waals surface area contributed by atoms with Crippen molar-refractivity contribution in [2.45, 2.75) is 9.79 Å². The Bertz CT molecular complexity index is 1010. The molecule has 0 N–H and O–H groups in total. The second kappa shape index (κ2) is 8.36. The Kier molecular flexibility index (Phi) is 6.28. The molecule has 3 rings (SSSR count). The van der Waals surface area contributed by atoms with Gasteiger partial charge in [0.1, 0.15) is 16.5 Å². The molecule has 1 heterocycles. The number of sulfonamides is 1. The van der Waals surface area contributed by atoms with Crippen LogP contribution in [0, 0.1) is 11.6 Å². The number of hydrogen-bond acceptors (Lipinski definition) is 4. The van der Waals surface area contributed by atoms with Gasteiger partial charge in [-0.05, 0) is 36.6 Å². The quantitative estimate of drug-likeness (QED) is 0.675. The number of thioether (sulfide) groups is 1. The fourth-order valence-electron chi connectivity index (χ4n) is 2.92. The first-order valence-electron chi connectivity index (χ1n) is 8.32. The average molecular weight is 447 g/mol. The molecule has 150 valence electrons. The summed E-state index contributed by atoms with van der Waals surface area (Å²) in [4.78, 5) is 14.6. The van der Waals surface area contributed by atoms with Crippen molar-refractivity contribution < 1.29 is 22.0 Å². The molecule has 2 aromatic carbocycles. The largest absolute Gasteiger partial charge is 0.336 e. The van der Waals surface area contributed by atoms with Crippen LogP contribution in [-0.2, 0) is 10.0 Å². The van der Waals surface area contributed by atoms with Crippen molar-refractivity contribution in [1.29, 1.82) is 0 Å². The number of carbonyl (C=O) groups excluding carboxylic acids is 1. The second-order valence-electron chi connectivity index (χ2n) is 6.12. The molecular formula is C18H17ClF2N2O3S2. The Morgan fingerprint density at radius 2 is 1.75 bits per heavy atom. The third kappa shape index (κ3) is 4.17. The molecule has 0 spiro atoms. The number of benzene rings is 2. The van der Waals surface area contributed by atoms with Crippen LogP contribution in [0.25, 0.3) is 0 Å². The molecular weight excluding hydrogens is 430 g/mol. The highest BCUT2D eigenvalue weighted by Crippen LogP contribution is 2.26. The Morgan fingerprint density at radius 3 is 2.36 bits per heavy atom. The van der Waals surface area contributed by atoms with E-state index >= 15 is 0 Å². The third-order valence-corrected chi connectivity index (χ3v) is 7.43. The van der Waals surface area contributed by atoms with Crippen LogP contribution < -0.4 is 0 Å². The van der Waals surface area contributed by atoms with E-state index < -0.39 is 26.6 Å². The topological polar surface area (TPSA) is 57.7 Å². The monoisotopic (exact) mass is 446 g/mol. The lowest BCUT2D eigenvalue weighted by Crippen LogP contribution is -2.50. The van der Waals surface area contributed by atoms with E-state index in [1.807, 2.05) is 12.3 Å². The van der Waals surface area contributed by atoms with E-state index in [0.717, 1.165) is 21.3 Å². The molecule has 5 nitrogen and oxygen atoms in total. The van der Waals surface area contributed by atoms with E-state index in [9.17, 15) is 22.0 Å². The molecule has 1 fully saturated rings. The lowest BCUT2D eigenvalue weighted by molar-refractivity contribution is 0.0697. The number of hydrogen-bond donors (Lipinski definition) is 0. The zero-order chi connectivity index (χ0) is 20.5. The van der Waals surface area contributed by atoms with E-state index in [-0.39, 0.29) is 32.1 Å². The molecule has 1 saturated heterocycles. The van der Waals surface area contributed by atoms with Crippen molar-refractivity contribution >= 4 is 39.3 Å². The highest BCUT2D eigenvalue weighted by Gasteiger charge is 2.32. The molecule has 0 aromatic heterocycles. The summed E-state index contributed by atoms with van der Waals surface area (Å²) in [5.74, 6) is -2.28. The summed E-state index contributed by atoms with van der Waals surface area (Å²) in [7, 11) is -4.12. The van der Waals surface area contributed by atoms with Crippen LogP contribution in [-0.4, -0.2) is 56.0 Å². The molecule has 0 bridgehead atoms. The van der Waals surface area contributed by atoms with Gasteiger partial charge in [0.2, 0.25) is 10.0 Å². The summed E-state index contributed by atoms with van der Waals surface area (Å²) in [6, 6.07) is 7.51. The standard InChI is InChI=1S/C18H17ClF2N2O3S2/c1-27-13-3-4-15(19)14(11-13)18(24)22-6-8-23(9-7-22)28(25,26)17-5-2-12(20)10-16(17)21/h2-5,10-11H,6-9H2,1H3. The Balaban J connectivity index is 1.74. The van der Waals surface area contributed by atoms with Crippen molar-refractivity contribution in [3.05, 3.63) is 58.6 Å². The predicted octanol–water partition coefficient (Wildman–Crippen LogP) is 3.49. The van der Waals surface area contributed by atoms with Crippen molar-refractivity contribution in [3.8, 4) is 0 Å². The van der Waals surface area contributed by atoms with Crippen molar-refractivity contribution in [1.82, 2.24) is 9.21 Å². The van der Waals surface area contributed by atoms with E-state index in [4.69, 9.17) is 11.6 Å². The fraction of sp³-hybridized carbons (Fsp3) is 0.278. The van der Waals surface area contributed by atoms with Gasteiger partial charge in [-0.3, -0.25) is 4.79 Å². The summed E-state index contributed by atoms with van der Waals surface area (Å²) >= 11 is 7.62. The maximum Gasteiger partial charge on any atom is 0.255 e. The van der Waals surface area contributed by atoms with Gasteiger partial charge >= 0.3 is 0 Å². The van der Waals surface area contributed by atoms with Gasteiger partial charge in [-0.15, -0.1) is 11.8 Å². The van der Waals surface area contributed by atoms with Crippen LogP contribution in [0.15, 0.2) is 46.2 Å². The average Bonchev–Trinajstić information content (AvgIpc) is 2.67. The first kappa shape index (κ1) is 21.0. The molecule has 0 radical (unpaired) electrons. The van der Waals surface area contributed by atoms with Gasteiger partial charge in [0.15, 0.2) is 0 Å². The number of carbonyl (C=O) groups is 1. The summed E-state index contributed by atoms with van der Waals surface area (Å²) < 4.78 is 53.3.